The molecule has 1 amide bonds. The molecule has 0 saturated carbocycles. The zero-order valence-electron chi connectivity index (χ0n) is 12.1. The Labute approximate surface area is 114 Å². The summed E-state index contributed by atoms with van der Waals surface area (Å²) in [6, 6.07) is 0. The highest BCUT2D eigenvalue weighted by atomic mass is 16.6. The van der Waals surface area contributed by atoms with Crippen LogP contribution >= 0.6 is 0 Å². The zero-order valence-corrected chi connectivity index (χ0v) is 12.1. The minimum Gasteiger partial charge on any atom is -0.444 e. The second-order valence-corrected chi connectivity index (χ2v) is 6.55. The Bertz CT molecular complexity index is 398. The lowest BCUT2D eigenvalue weighted by Gasteiger charge is -2.41. The molecule has 0 aromatic heterocycles. The smallest absolute Gasteiger partial charge is 0.410 e. The van der Waals surface area contributed by atoms with Gasteiger partial charge in [0, 0.05) is 18.5 Å². The summed E-state index contributed by atoms with van der Waals surface area (Å²) in [5.41, 5.74) is -0.678. The molecule has 0 aromatic rings. The summed E-state index contributed by atoms with van der Waals surface area (Å²) < 4.78 is 5.37. The molecule has 106 valence electrons. The molecule has 0 N–H and O–H groups in total. The van der Waals surface area contributed by atoms with Crippen molar-refractivity contribution in [2.75, 3.05) is 13.1 Å². The Morgan fingerprint density at radius 1 is 1.26 bits per heavy atom. The maximum Gasteiger partial charge on any atom is 0.410 e. The third kappa shape index (κ3) is 3.17. The van der Waals surface area contributed by atoms with Gasteiger partial charge in [-0.05, 0) is 52.5 Å². The van der Waals surface area contributed by atoms with E-state index in [1.165, 1.54) is 0 Å². The molecule has 2 aliphatic rings. The van der Waals surface area contributed by atoms with Gasteiger partial charge in [-0.1, -0.05) is 6.08 Å². The number of piperidine rings is 1. The van der Waals surface area contributed by atoms with Crippen LogP contribution in [0, 0.1) is 5.41 Å². The average molecular weight is 265 g/mol. The molecule has 0 unspecified atom stereocenters. The van der Waals surface area contributed by atoms with Crippen molar-refractivity contribution in [2.45, 2.75) is 52.1 Å². The van der Waals surface area contributed by atoms with Crippen LogP contribution in [0.4, 0.5) is 4.79 Å². The predicted octanol–water partition coefficient (Wildman–Crippen LogP) is 2.92. The predicted molar refractivity (Wildman–Crippen MR) is 72.9 cm³/mol. The molecule has 1 fully saturated rings. The Hall–Kier alpha value is -1.32. The van der Waals surface area contributed by atoms with Gasteiger partial charge in [-0.25, -0.2) is 4.79 Å². The highest BCUT2D eigenvalue weighted by Crippen LogP contribution is 2.40. The normalized spacial score (nSPS) is 22.7. The summed E-state index contributed by atoms with van der Waals surface area (Å²) in [5.74, 6) is 0.239. The minimum atomic E-state index is -0.463. The highest BCUT2D eigenvalue weighted by Gasteiger charge is 2.42. The number of likely N-dealkylation sites (tertiary alicyclic amines) is 1. The number of rotatable bonds is 0. The van der Waals surface area contributed by atoms with E-state index in [1.807, 2.05) is 26.8 Å². The van der Waals surface area contributed by atoms with E-state index in [1.54, 1.807) is 11.0 Å². The van der Waals surface area contributed by atoms with Crippen molar-refractivity contribution in [3.05, 3.63) is 12.2 Å². The quantitative estimate of drug-likeness (QED) is 0.676. The molecule has 0 atom stereocenters. The number of carbonyl (C=O) groups excluding carboxylic acids is 2. The van der Waals surface area contributed by atoms with Crippen molar-refractivity contribution in [3.63, 3.8) is 0 Å². The average Bonchev–Trinajstić information content (AvgIpc) is 2.32. The SMILES string of the molecule is CC(C)(C)OC(=O)N1CCC2(CCC=CC2=O)CC1. The molecular weight excluding hydrogens is 242 g/mol. The molecule has 0 aromatic carbocycles. The van der Waals surface area contributed by atoms with Crippen molar-refractivity contribution in [2.24, 2.45) is 5.41 Å². The van der Waals surface area contributed by atoms with Crippen molar-refractivity contribution < 1.29 is 14.3 Å². The van der Waals surface area contributed by atoms with E-state index in [4.69, 9.17) is 4.74 Å². The van der Waals surface area contributed by atoms with Crippen LogP contribution in [-0.2, 0) is 9.53 Å². The fourth-order valence-corrected chi connectivity index (χ4v) is 2.79. The lowest BCUT2D eigenvalue weighted by atomic mass is 9.69. The summed E-state index contributed by atoms with van der Waals surface area (Å²) in [6.07, 6.45) is 6.81. The summed E-state index contributed by atoms with van der Waals surface area (Å²) in [7, 11) is 0. The van der Waals surface area contributed by atoms with Gasteiger partial charge in [-0.15, -0.1) is 0 Å². The lowest BCUT2D eigenvalue weighted by molar-refractivity contribution is -0.127. The Kier molecular flexibility index (Phi) is 3.70. The van der Waals surface area contributed by atoms with Crippen LogP contribution in [0.5, 0.6) is 0 Å². The summed E-state index contributed by atoms with van der Waals surface area (Å²) in [6.45, 7) is 6.84. The maximum atomic E-state index is 12.1. The van der Waals surface area contributed by atoms with Crippen molar-refractivity contribution in [1.29, 1.82) is 0 Å². The Morgan fingerprint density at radius 3 is 2.42 bits per heavy atom. The van der Waals surface area contributed by atoms with Crippen LogP contribution in [0.25, 0.3) is 0 Å². The first-order valence-corrected chi connectivity index (χ1v) is 7.01. The Morgan fingerprint density at radius 2 is 1.89 bits per heavy atom. The van der Waals surface area contributed by atoms with E-state index in [9.17, 15) is 9.59 Å². The molecule has 0 bridgehead atoms. The van der Waals surface area contributed by atoms with Crippen molar-refractivity contribution in [3.8, 4) is 0 Å². The number of hydrogen-bond donors (Lipinski definition) is 0. The van der Waals surface area contributed by atoms with E-state index in [-0.39, 0.29) is 17.3 Å². The van der Waals surface area contributed by atoms with Gasteiger partial charge in [0.15, 0.2) is 5.78 Å². The van der Waals surface area contributed by atoms with Gasteiger partial charge in [-0.2, -0.15) is 0 Å². The van der Waals surface area contributed by atoms with Gasteiger partial charge in [0.25, 0.3) is 0 Å². The van der Waals surface area contributed by atoms with Crippen molar-refractivity contribution in [1.82, 2.24) is 4.90 Å². The topological polar surface area (TPSA) is 46.6 Å². The molecule has 2 rings (SSSR count). The van der Waals surface area contributed by atoms with Crippen LogP contribution in [-0.4, -0.2) is 35.5 Å². The number of amides is 1. The minimum absolute atomic E-state index is 0.215. The monoisotopic (exact) mass is 265 g/mol. The molecule has 0 radical (unpaired) electrons. The van der Waals surface area contributed by atoms with Crippen LogP contribution in [0.2, 0.25) is 0 Å². The fraction of sp³-hybridized carbons (Fsp3) is 0.733. The number of nitrogens with zero attached hydrogens (tertiary/aromatic N) is 1. The molecule has 1 spiro atoms. The number of carbonyl (C=O) groups is 2. The first-order chi connectivity index (χ1) is 8.82. The van der Waals surface area contributed by atoms with Gasteiger partial charge in [-0.3, -0.25) is 4.79 Å². The highest BCUT2D eigenvalue weighted by molar-refractivity contribution is 5.95. The number of ether oxygens (including phenoxy) is 1. The van der Waals surface area contributed by atoms with E-state index in [0.29, 0.717) is 13.1 Å². The third-order valence-corrected chi connectivity index (χ3v) is 3.95. The molecule has 19 heavy (non-hydrogen) atoms. The first kappa shape index (κ1) is 14.1. The first-order valence-electron chi connectivity index (χ1n) is 7.01. The molecule has 4 nitrogen and oxygen atoms in total. The molecule has 1 saturated heterocycles. The van der Waals surface area contributed by atoms with E-state index >= 15 is 0 Å². The van der Waals surface area contributed by atoms with Crippen LogP contribution in [0.15, 0.2) is 12.2 Å². The van der Waals surface area contributed by atoms with Crippen LogP contribution in [0.3, 0.4) is 0 Å². The van der Waals surface area contributed by atoms with Gasteiger partial charge in [0.2, 0.25) is 0 Å². The van der Waals surface area contributed by atoms with E-state index in [2.05, 4.69) is 0 Å². The Balaban J connectivity index is 1.94. The maximum absolute atomic E-state index is 12.1. The van der Waals surface area contributed by atoms with Crippen LogP contribution in [0.1, 0.15) is 46.5 Å². The molecular formula is C15H23NO3. The fourth-order valence-electron chi connectivity index (χ4n) is 2.79. The third-order valence-electron chi connectivity index (χ3n) is 3.95. The van der Waals surface area contributed by atoms with E-state index < -0.39 is 5.60 Å². The second-order valence-electron chi connectivity index (χ2n) is 6.55. The van der Waals surface area contributed by atoms with Gasteiger partial charge in [0.1, 0.15) is 5.60 Å². The van der Waals surface area contributed by atoms with Crippen LogP contribution < -0.4 is 0 Å². The van der Waals surface area contributed by atoms with Gasteiger partial charge >= 0.3 is 6.09 Å². The standard InChI is InChI=1S/C15H23NO3/c1-14(2,3)19-13(18)16-10-8-15(9-11-16)7-5-4-6-12(15)17/h4,6H,5,7-11H2,1-3H3. The number of hydrogen-bond acceptors (Lipinski definition) is 3. The summed E-state index contributed by atoms with van der Waals surface area (Å²) in [4.78, 5) is 25.8. The van der Waals surface area contributed by atoms with Gasteiger partial charge < -0.3 is 9.64 Å². The summed E-state index contributed by atoms with van der Waals surface area (Å²) >= 11 is 0. The van der Waals surface area contributed by atoms with Gasteiger partial charge in [0.05, 0.1) is 0 Å². The molecule has 1 heterocycles. The molecule has 1 aliphatic heterocycles. The lowest BCUT2D eigenvalue weighted by Crippen LogP contribution is -2.48. The zero-order chi connectivity index (χ0) is 14.1. The van der Waals surface area contributed by atoms with E-state index in [0.717, 1.165) is 25.7 Å². The van der Waals surface area contributed by atoms with Crippen molar-refractivity contribution >= 4 is 11.9 Å². The molecule has 4 heteroatoms. The molecule has 1 aliphatic carbocycles. The summed E-state index contributed by atoms with van der Waals surface area (Å²) in [5, 5.41) is 0. The number of allylic oxidation sites excluding steroid dienone is 2. The largest absolute Gasteiger partial charge is 0.444 e. The number of ketones is 1. The second kappa shape index (κ2) is 4.99.